The highest BCUT2D eigenvalue weighted by Gasteiger charge is 2.16. The van der Waals surface area contributed by atoms with Crippen molar-refractivity contribution in [3.8, 4) is 33.9 Å². The Morgan fingerprint density at radius 2 is 1.14 bits per heavy atom. The molecule has 4 heteroatoms. The standard InChI is InChI=1S/C38H25N3O/c1-3-12-26(13-4-1)37-39-35(40-38(41-37)27-14-5-2-6-15-27)24-29-17-10-20-34-36(29)32-23-28(21-22-33(32)42-34)31-19-9-16-25-11-7-8-18-30(25)31/h1-23H,24H2. The molecular formula is C38H25N3O. The van der Waals surface area contributed by atoms with Gasteiger partial charge in [0.1, 0.15) is 17.0 Å². The maximum atomic E-state index is 6.34. The molecule has 0 aliphatic carbocycles. The van der Waals surface area contributed by atoms with E-state index < -0.39 is 0 Å². The van der Waals surface area contributed by atoms with Gasteiger partial charge < -0.3 is 4.42 Å². The van der Waals surface area contributed by atoms with Crippen molar-refractivity contribution in [1.29, 1.82) is 0 Å². The van der Waals surface area contributed by atoms with E-state index in [0.29, 0.717) is 18.1 Å². The summed E-state index contributed by atoms with van der Waals surface area (Å²) in [6.07, 6.45) is 0.548. The fourth-order valence-electron chi connectivity index (χ4n) is 5.79. The minimum atomic E-state index is 0.548. The van der Waals surface area contributed by atoms with Crippen molar-refractivity contribution >= 4 is 32.7 Å². The van der Waals surface area contributed by atoms with Gasteiger partial charge in [0.15, 0.2) is 11.6 Å². The van der Waals surface area contributed by atoms with Gasteiger partial charge in [-0.15, -0.1) is 0 Å². The monoisotopic (exact) mass is 539 g/mol. The van der Waals surface area contributed by atoms with Crippen molar-refractivity contribution in [1.82, 2.24) is 15.0 Å². The van der Waals surface area contributed by atoms with Crippen molar-refractivity contribution < 1.29 is 4.42 Å². The Kier molecular flexibility index (Phi) is 5.82. The molecule has 2 aromatic heterocycles. The Labute approximate surface area is 243 Å². The molecule has 0 N–H and O–H groups in total. The molecule has 0 spiro atoms. The number of benzene rings is 6. The Bertz CT molecular complexity index is 2160. The summed E-state index contributed by atoms with van der Waals surface area (Å²) in [5, 5.41) is 4.65. The Morgan fingerprint density at radius 3 is 1.90 bits per heavy atom. The quantitative estimate of drug-likeness (QED) is 0.219. The van der Waals surface area contributed by atoms with E-state index in [9.17, 15) is 0 Å². The topological polar surface area (TPSA) is 51.8 Å². The molecule has 4 nitrogen and oxygen atoms in total. The van der Waals surface area contributed by atoms with Crippen molar-refractivity contribution in [2.24, 2.45) is 0 Å². The number of aromatic nitrogens is 3. The normalized spacial score (nSPS) is 11.4. The highest BCUT2D eigenvalue weighted by Crippen LogP contribution is 2.37. The van der Waals surface area contributed by atoms with Gasteiger partial charge in [-0.25, -0.2) is 15.0 Å². The van der Waals surface area contributed by atoms with Crippen molar-refractivity contribution in [2.75, 3.05) is 0 Å². The Hall–Kier alpha value is -5.61. The number of rotatable bonds is 5. The third-order valence-electron chi connectivity index (χ3n) is 7.78. The Morgan fingerprint density at radius 1 is 0.476 bits per heavy atom. The number of furan rings is 1. The van der Waals surface area contributed by atoms with E-state index in [2.05, 4.69) is 66.7 Å². The minimum absolute atomic E-state index is 0.548. The summed E-state index contributed by atoms with van der Waals surface area (Å²) in [5.74, 6) is 2.05. The molecule has 0 amide bonds. The van der Waals surface area contributed by atoms with Gasteiger partial charge in [-0.05, 0) is 45.7 Å². The smallest absolute Gasteiger partial charge is 0.163 e. The van der Waals surface area contributed by atoms with E-state index in [4.69, 9.17) is 19.4 Å². The lowest BCUT2D eigenvalue weighted by Crippen LogP contribution is -2.04. The molecule has 0 unspecified atom stereocenters. The molecule has 2 heterocycles. The highest BCUT2D eigenvalue weighted by atomic mass is 16.3. The fraction of sp³-hybridized carbons (Fsp3) is 0.0263. The van der Waals surface area contributed by atoms with Crippen molar-refractivity contribution in [2.45, 2.75) is 6.42 Å². The van der Waals surface area contributed by atoms with Gasteiger partial charge in [0.2, 0.25) is 0 Å². The van der Waals surface area contributed by atoms with Crippen LogP contribution in [0.5, 0.6) is 0 Å². The zero-order valence-electron chi connectivity index (χ0n) is 22.7. The zero-order chi connectivity index (χ0) is 27.9. The molecule has 198 valence electrons. The second-order valence-corrected chi connectivity index (χ2v) is 10.4. The van der Waals surface area contributed by atoms with Crippen LogP contribution in [0.1, 0.15) is 11.4 Å². The van der Waals surface area contributed by atoms with Crippen molar-refractivity contribution in [3.63, 3.8) is 0 Å². The fourth-order valence-corrected chi connectivity index (χ4v) is 5.79. The lowest BCUT2D eigenvalue weighted by molar-refractivity contribution is 0.668. The molecule has 0 saturated carbocycles. The summed E-state index contributed by atoms with van der Waals surface area (Å²) in [6, 6.07) is 47.9. The second-order valence-electron chi connectivity index (χ2n) is 10.4. The van der Waals surface area contributed by atoms with Crippen LogP contribution < -0.4 is 0 Å². The first-order valence-electron chi connectivity index (χ1n) is 14.1. The average Bonchev–Trinajstić information content (AvgIpc) is 3.44. The summed E-state index contributed by atoms with van der Waals surface area (Å²) in [5.41, 5.74) is 7.14. The molecule has 0 atom stereocenters. The largest absolute Gasteiger partial charge is 0.456 e. The maximum Gasteiger partial charge on any atom is 0.163 e. The zero-order valence-corrected chi connectivity index (χ0v) is 22.7. The molecule has 42 heavy (non-hydrogen) atoms. The molecule has 0 fully saturated rings. The van der Waals surface area contributed by atoms with Gasteiger partial charge >= 0.3 is 0 Å². The number of hydrogen-bond acceptors (Lipinski definition) is 4. The average molecular weight is 540 g/mol. The van der Waals surface area contributed by atoms with E-state index >= 15 is 0 Å². The maximum absolute atomic E-state index is 6.34. The molecule has 0 aliphatic rings. The van der Waals surface area contributed by atoms with E-state index in [1.165, 1.54) is 16.3 Å². The summed E-state index contributed by atoms with van der Waals surface area (Å²) >= 11 is 0. The molecule has 0 aliphatic heterocycles. The van der Waals surface area contributed by atoms with E-state index in [0.717, 1.165) is 50.0 Å². The van der Waals surface area contributed by atoms with Gasteiger partial charge in [0.05, 0.1) is 0 Å². The van der Waals surface area contributed by atoms with Crippen molar-refractivity contribution in [3.05, 3.63) is 151 Å². The van der Waals surface area contributed by atoms with Crippen LogP contribution in [-0.2, 0) is 6.42 Å². The van der Waals surface area contributed by atoms with Gasteiger partial charge in [-0.2, -0.15) is 0 Å². The highest BCUT2D eigenvalue weighted by molar-refractivity contribution is 6.09. The predicted molar refractivity (Wildman–Crippen MR) is 170 cm³/mol. The number of hydrogen-bond donors (Lipinski definition) is 0. The van der Waals surface area contributed by atoms with Gasteiger partial charge in [-0.1, -0.05) is 121 Å². The van der Waals surface area contributed by atoms with Crippen LogP contribution in [0.3, 0.4) is 0 Å². The van der Waals surface area contributed by atoms with Crippen LogP contribution in [0.25, 0.3) is 66.6 Å². The van der Waals surface area contributed by atoms with Gasteiger partial charge in [0.25, 0.3) is 0 Å². The SMILES string of the molecule is c1ccc(-c2nc(Cc3cccc4oc5ccc(-c6cccc7ccccc67)cc5c34)nc(-c3ccccc3)n2)cc1. The van der Waals surface area contributed by atoms with Crippen LogP contribution in [0.4, 0.5) is 0 Å². The number of nitrogens with zero attached hydrogens (tertiary/aromatic N) is 3. The Balaban J connectivity index is 1.28. The molecule has 0 bridgehead atoms. The van der Waals surface area contributed by atoms with E-state index in [-0.39, 0.29) is 0 Å². The van der Waals surface area contributed by atoms with Crippen LogP contribution >= 0.6 is 0 Å². The lowest BCUT2D eigenvalue weighted by Gasteiger charge is -2.09. The summed E-state index contributed by atoms with van der Waals surface area (Å²) < 4.78 is 6.34. The molecule has 0 radical (unpaired) electrons. The second kappa shape index (κ2) is 10.1. The van der Waals surface area contributed by atoms with Crippen LogP contribution in [0.2, 0.25) is 0 Å². The summed E-state index contributed by atoms with van der Waals surface area (Å²) in [7, 11) is 0. The summed E-state index contributed by atoms with van der Waals surface area (Å²) in [4.78, 5) is 14.7. The number of fused-ring (bicyclic) bond motifs is 4. The first-order valence-corrected chi connectivity index (χ1v) is 14.1. The third-order valence-corrected chi connectivity index (χ3v) is 7.78. The third kappa shape index (κ3) is 4.30. The van der Waals surface area contributed by atoms with Gasteiger partial charge in [0, 0.05) is 28.3 Å². The van der Waals surface area contributed by atoms with Crippen LogP contribution in [0.15, 0.2) is 144 Å². The summed E-state index contributed by atoms with van der Waals surface area (Å²) in [6.45, 7) is 0. The van der Waals surface area contributed by atoms with Crippen LogP contribution in [0, 0.1) is 0 Å². The first-order chi connectivity index (χ1) is 20.8. The van der Waals surface area contributed by atoms with E-state index in [1.807, 2.05) is 72.8 Å². The molecule has 8 rings (SSSR count). The molecule has 0 saturated heterocycles. The molecular weight excluding hydrogens is 514 g/mol. The molecule has 6 aromatic carbocycles. The van der Waals surface area contributed by atoms with Crippen LogP contribution in [-0.4, -0.2) is 15.0 Å². The van der Waals surface area contributed by atoms with Gasteiger partial charge in [-0.3, -0.25) is 0 Å². The minimum Gasteiger partial charge on any atom is -0.456 e. The first kappa shape index (κ1) is 24.2. The molecule has 8 aromatic rings. The van der Waals surface area contributed by atoms with E-state index in [1.54, 1.807) is 0 Å². The lowest BCUT2D eigenvalue weighted by atomic mass is 9.96. The predicted octanol–water partition coefficient (Wildman–Crippen LogP) is 9.52.